The molecule has 0 aromatic heterocycles. The molecule has 1 saturated heterocycles. The summed E-state index contributed by atoms with van der Waals surface area (Å²) in [7, 11) is 1.80. The van der Waals surface area contributed by atoms with E-state index >= 15 is 0 Å². The highest BCUT2D eigenvalue weighted by Crippen LogP contribution is 2.15. The second-order valence-electron chi connectivity index (χ2n) is 5.14. The zero-order chi connectivity index (χ0) is 11.3. The summed E-state index contributed by atoms with van der Waals surface area (Å²) in [6.07, 6.45) is 2.36. The summed E-state index contributed by atoms with van der Waals surface area (Å²) in [6, 6.07) is 0.702. The number of rotatable bonds is 4. The summed E-state index contributed by atoms with van der Waals surface area (Å²) >= 11 is 0. The van der Waals surface area contributed by atoms with Gasteiger partial charge < -0.3 is 10.1 Å². The van der Waals surface area contributed by atoms with Gasteiger partial charge in [-0.25, -0.2) is 0 Å². The van der Waals surface area contributed by atoms with Crippen LogP contribution in [0.1, 0.15) is 33.6 Å². The molecule has 0 aromatic carbocycles. The van der Waals surface area contributed by atoms with E-state index < -0.39 is 0 Å². The predicted molar refractivity (Wildman–Crippen MR) is 64.2 cm³/mol. The topological polar surface area (TPSA) is 24.5 Å². The Morgan fingerprint density at radius 1 is 1.40 bits per heavy atom. The lowest BCUT2D eigenvalue weighted by atomic mass is 10.0. The molecule has 0 bridgehead atoms. The number of nitrogens with zero attached hydrogens (tertiary/aromatic N) is 1. The summed E-state index contributed by atoms with van der Waals surface area (Å²) in [5.74, 6) is 0. The van der Waals surface area contributed by atoms with Crippen LogP contribution in [0.2, 0.25) is 0 Å². The fraction of sp³-hybridized carbons (Fsp3) is 1.00. The Morgan fingerprint density at radius 3 is 2.80 bits per heavy atom. The quantitative estimate of drug-likeness (QED) is 0.767. The third-order valence-corrected chi connectivity index (χ3v) is 3.49. The first kappa shape index (κ1) is 12.9. The van der Waals surface area contributed by atoms with Gasteiger partial charge in [0, 0.05) is 32.8 Å². The van der Waals surface area contributed by atoms with Gasteiger partial charge in [-0.15, -0.1) is 0 Å². The standard InChI is InChI=1S/C12H26N2O/c1-11-5-7-13-8-10-14(11)9-6-12(2,3)15-4/h11,13H,5-10H2,1-4H3. The maximum Gasteiger partial charge on any atom is 0.0634 e. The first-order chi connectivity index (χ1) is 7.05. The zero-order valence-corrected chi connectivity index (χ0v) is 10.7. The summed E-state index contributed by atoms with van der Waals surface area (Å²) < 4.78 is 5.45. The minimum Gasteiger partial charge on any atom is -0.379 e. The lowest BCUT2D eigenvalue weighted by Gasteiger charge is -2.31. The van der Waals surface area contributed by atoms with Gasteiger partial charge in [-0.05, 0) is 40.2 Å². The highest BCUT2D eigenvalue weighted by molar-refractivity contribution is 4.77. The molecular formula is C12H26N2O. The van der Waals surface area contributed by atoms with Gasteiger partial charge in [0.15, 0.2) is 0 Å². The molecule has 1 aliphatic heterocycles. The third kappa shape index (κ3) is 4.49. The molecule has 1 unspecified atom stereocenters. The molecule has 1 rings (SSSR count). The zero-order valence-electron chi connectivity index (χ0n) is 10.7. The van der Waals surface area contributed by atoms with Gasteiger partial charge in [0.1, 0.15) is 0 Å². The monoisotopic (exact) mass is 214 g/mol. The Hall–Kier alpha value is -0.120. The fourth-order valence-electron chi connectivity index (χ4n) is 1.91. The largest absolute Gasteiger partial charge is 0.379 e. The molecule has 0 spiro atoms. The molecule has 1 N–H and O–H groups in total. The van der Waals surface area contributed by atoms with Crippen LogP contribution < -0.4 is 5.32 Å². The van der Waals surface area contributed by atoms with E-state index in [0.29, 0.717) is 6.04 Å². The fourth-order valence-corrected chi connectivity index (χ4v) is 1.91. The number of hydrogen-bond donors (Lipinski definition) is 1. The van der Waals surface area contributed by atoms with E-state index in [1.165, 1.54) is 13.0 Å². The SMILES string of the molecule is COC(C)(C)CCN1CCNCCC1C. The normalized spacial score (nSPS) is 25.2. The maximum absolute atomic E-state index is 5.45. The van der Waals surface area contributed by atoms with Crippen molar-refractivity contribution >= 4 is 0 Å². The Balaban J connectivity index is 2.35. The highest BCUT2D eigenvalue weighted by Gasteiger charge is 2.21. The molecule has 1 heterocycles. The van der Waals surface area contributed by atoms with Gasteiger partial charge >= 0.3 is 0 Å². The number of ether oxygens (including phenoxy) is 1. The van der Waals surface area contributed by atoms with Crippen molar-refractivity contribution in [3.63, 3.8) is 0 Å². The molecule has 0 aliphatic carbocycles. The van der Waals surface area contributed by atoms with Crippen molar-refractivity contribution in [3.8, 4) is 0 Å². The van der Waals surface area contributed by atoms with Crippen molar-refractivity contribution in [1.29, 1.82) is 0 Å². The van der Waals surface area contributed by atoms with Crippen molar-refractivity contribution in [2.24, 2.45) is 0 Å². The first-order valence-corrected chi connectivity index (χ1v) is 6.05. The Kier molecular flexibility index (Phi) is 5.03. The minimum absolute atomic E-state index is 0.0133. The molecule has 0 saturated carbocycles. The van der Waals surface area contributed by atoms with Crippen molar-refractivity contribution in [2.75, 3.05) is 33.3 Å². The second-order valence-corrected chi connectivity index (χ2v) is 5.14. The molecule has 3 heteroatoms. The van der Waals surface area contributed by atoms with Gasteiger partial charge in [0.05, 0.1) is 5.60 Å². The highest BCUT2D eigenvalue weighted by atomic mass is 16.5. The van der Waals surface area contributed by atoms with Gasteiger partial charge in [-0.2, -0.15) is 0 Å². The molecule has 0 aromatic rings. The van der Waals surface area contributed by atoms with Crippen LogP contribution in [-0.2, 0) is 4.74 Å². The van der Waals surface area contributed by atoms with Crippen molar-refractivity contribution in [2.45, 2.75) is 45.3 Å². The summed E-state index contributed by atoms with van der Waals surface area (Å²) in [5.41, 5.74) is 0.0133. The summed E-state index contributed by atoms with van der Waals surface area (Å²) in [5, 5.41) is 3.45. The van der Waals surface area contributed by atoms with E-state index in [1.807, 2.05) is 0 Å². The van der Waals surface area contributed by atoms with E-state index in [-0.39, 0.29) is 5.60 Å². The molecule has 1 atom stereocenters. The predicted octanol–water partition coefficient (Wildman–Crippen LogP) is 1.49. The molecular weight excluding hydrogens is 188 g/mol. The average Bonchev–Trinajstić information content (AvgIpc) is 2.40. The summed E-state index contributed by atoms with van der Waals surface area (Å²) in [6.45, 7) is 11.2. The summed E-state index contributed by atoms with van der Waals surface area (Å²) in [4.78, 5) is 2.57. The first-order valence-electron chi connectivity index (χ1n) is 6.05. The van der Waals surface area contributed by atoms with Crippen LogP contribution in [0, 0.1) is 0 Å². The molecule has 1 fully saturated rings. The van der Waals surface area contributed by atoms with Gasteiger partial charge in [0.2, 0.25) is 0 Å². The maximum atomic E-state index is 5.45. The van der Waals surface area contributed by atoms with Gasteiger partial charge in [-0.1, -0.05) is 0 Å². The molecule has 90 valence electrons. The average molecular weight is 214 g/mol. The van der Waals surface area contributed by atoms with Crippen molar-refractivity contribution in [1.82, 2.24) is 10.2 Å². The Labute approximate surface area is 94.2 Å². The molecule has 3 nitrogen and oxygen atoms in total. The lowest BCUT2D eigenvalue weighted by Crippen LogP contribution is -2.38. The van der Waals surface area contributed by atoms with Gasteiger partial charge in [-0.3, -0.25) is 4.90 Å². The molecule has 1 aliphatic rings. The van der Waals surface area contributed by atoms with Crippen LogP contribution >= 0.6 is 0 Å². The van der Waals surface area contributed by atoms with E-state index in [2.05, 4.69) is 31.0 Å². The van der Waals surface area contributed by atoms with Crippen LogP contribution in [0.3, 0.4) is 0 Å². The van der Waals surface area contributed by atoms with E-state index in [0.717, 1.165) is 26.1 Å². The Morgan fingerprint density at radius 2 is 2.13 bits per heavy atom. The molecule has 0 radical (unpaired) electrons. The second kappa shape index (κ2) is 5.83. The van der Waals surface area contributed by atoms with Crippen molar-refractivity contribution < 1.29 is 4.74 Å². The number of methoxy groups -OCH3 is 1. The van der Waals surface area contributed by atoms with E-state index in [1.54, 1.807) is 7.11 Å². The van der Waals surface area contributed by atoms with E-state index in [4.69, 9.17) is 4.74 Å². The molecule has 0 amide bonds. The van der Waals surface area contributed by atoms with Crippen LogP contribution in [0.25, 0.3) is 0 Å². The van der Waals surface area contributed by atoms with E-state index in [9.17, 15) is 0 Å². The number of nitrogens with one attached hydrogen (secondary N) is 1. The van der Waals surface area contributed by atoms with Crippen molar-refractivity contribution in [3.05, 3.63) is 0 Å². The van der Waals surface area contributed by atoms with Crippen LogP contribution in [0.5, 0.6) is 0 Å². The smallest absolute Gasteiger partial charge is 0.0634 e. The molecule has 15 heavy (non-hydrogen) atoms. The van der Waals surface area contributed by atoms with Crippen LogP contribution in [-0.4, -0.2) is 49.8 Å². The lowest BCUT2D eigenvalue weighted by molar-refractivity contribution is 0.00505. The minimum atomic E-state index is 0.0133. The van der Waals surface area contributed by atoms with Crippen LogP contribution in [0.15, 0.2) is 0 Å². The Bertz CT molecular complexity index is 182. The van der Waals surface area contributed by atoms with Crippen LogP contribution in [0.4, 0.5) is 0 Å². The number of hydrogen-bond acceptors (Lipinski definition) is 3. The third-order valence-electron chi connectivity index (χ3n) is 3.49. The van der Waals surface area contributed by atoms with Gasteiger partial charge in [0.25, 0.3) is 0 Å².